The summed E-state index contributed by atoms with van der Waals surface area (Å²) in [5.74, 6) is 0.606. The molecule has 5 nitrogen and oxygen atoms in total. The molecule has 1 heterocycles. The van der Waals surface area contributed by atoms with E-state index in [9.17, 15) is 8.42 Å². The van der Waals surface area contributed by atoms with Gasteiger partial charge in [0.25, 0.3) is 5.22 Å². The molecule has 0 bridgehead atoms. The van der Waals surface area contributed by atoms with Crippen molar-refractivity contribution >= 4 is 21.6 Å². The number of rotatable bonds is 4. The summed E-state index contributed by atoms with van der Waals surface area (Å²) < 4.78 is 28.6. The first kappa shape index (κ1) is 17.0. The lowest BCUT2D eigenvalue weighted by Gasteiger charge is -2.12. The Balaban J connectivity index is 2.12. The predicted molar refractivity (Wildman–Crippen MR) is 86.8 cm³/mol. The number of benzene rings is 1. The van der Waals surface area contributed by atoms with E-state index in [4.69, 9.17) is 4.42 Å². The summed E-state index contributed by atoms with van der Waals surface area (Å²) in [6, 6.07) is 6.87. The fourth-order valence-electron chi connectivity index (χ4n) is 1.77. The molecular formula is C15H20N2O3S2. The summed E-state index contributed by atoms with van der Waals surface area (Å²) >= 11 is 1.46. The van der Waals surface area contributed by atoms with Crippen LogP contribution in [0.4, 0.5) is 0 Å². The third kappa shape index (κ3) is 4.10. The average molecular weight is 340 g/mol. The highest BCUT2D eigenvalue weighted by Gasteiger charge is 2.22. The lowest BCUT2D eigenvalue weighted by Crippen LogP contribution is -2.11. The summed E-state index contributed by atoms with van der Waals surface area (Å²) in [4.78, 5) is 0.321. The van der Waals surface area contributed by atoms with Gasteiger partial charge >= 0.3 is 0 Å². The third-order valence-corrected chi connectivity index (χ3v) is 5.22. The SMILES string of the molecule is C[C@H](Sc1nnc(C(C)(C)C)o1)c1ccc(S(C)(=O)=O)cc1. The Kier molecular flexibility index (Phi) is 4.67. The van der Waals surface area contributed by atoms with Crippen LogP contribution < -0.4 is 0 Å². The summed E-state index contributed by atoms with van der Waals surface area (Å²) in [5.41, 5.74) is 0.833. The molecule has 0 amide bonds. The smallest absolute Gasteiger partial charge is 0.277 e. The van der Waals surface area contributed by atoms with E-state index in [0.717, 1.165) is 5.56 Å². The summed E-state index contributed by atoms with van der Waals surface area (Å²) in [6.45, 7) is 8.06. The Labute approximate surface area is 135 Å². The Morgan fingerprint density at radius 3 is 2.18 bits per heavy atom. The molecule has 0 N–H and O–H groups in total. The largest absolute Gasteiger partial charge is 0.415 e. The minimum atomic E-state index is -3.16. The molecule has 0 spiro atoms. The Bertz CT molecular complexity index is 744. The highest BCUT2D eigenvalue weighted by Crippen LogP contribution is 2.35. The molecule has 1 aromatic carbocycles. The van der Waals surface area contributed by atoms with E-state index in [2.05, 4.69) is 10.2 Å². The quantitative estimate of drug-likeness (QED) is 0.791. The van der Waals surface area contributed by atoms with Crippen molar-refractivity contribution in [2.24, 2.45) is 0 Å². The van der Waals surface area contributed by atoms with Crippen molar-refractivity contribution in [3.63, 3.8) is 0 Å². The zero-order valence-corrected chi connectivity index (χ0v) is 15.0. The van der Waals surface area contributed by atoms with E-state index in [1.54, 1.807) is 12.1 Å². The van der Waals surface area contributed by atoms with Gasteiger partial charge in [-0.2, -0.15) is 0 Å². The Morgan fingerprint density at radius 2 is 1.73 bits per heavy atom. The van der Waals surface area contributed by atoms with Crippen LogP contribution in [0.5, 0.6) is 0 Å². The molecule has 120 valence electrons. The monoisotopic (exact) mass is 340 g/mol. The topological polar surface area (TPSA) is 73.1 Å². The van der Waals surface area contributed by atoms with Gasteiger partial charge in [-0.25, -0.2) is 8.42 Å². The molecule has 0 aliphatic heterocycles. The van der Waals surface area contributed by atoms with E-state index in [1.807, 2.05) is 39.8 Å². The standard InChI is InChI=1S/C15H20N2O3S2/c1-10(11-6-8-12(9-7-11)22(5,18)19)21-14-17-16-13(20-14)15(2,3)4/h6-10H,1-5H3/t10-/m0/s1. The molecule has 0 aliphatic carbocycles. The van der Waals surface area contributed by atoms with Crippen LogP contribution >= 0.6 is 11.8 Å². The lowest BCUT2D eigenvalue weighted by atomic mass is 9.97. The van der Waals surface area contributed by atoms with Gasteiger partial charge in [0.15, 0.2) is 9.84 Å². The van der Waals surface area contributed by atoms with Crippen LogP contribution in [-0.4, -0.2) is 24.9 Å². The first-order valence-electron chi connectivity index (χ1n) is 6.88. The van der Waals surface area contributed by atoms with Gasteiger partial charge in [0, 0.05) is 16.9 Å². The molecule has 1 atom stereocenters. The molecule has 7 heteroatoms. The first-order chi connectivity index (χ1) is 10.1. The van der Waals surface area contributed by atoms with Gasteiger partial charge in [0.2, 0.25) is 5.89 Å². The van der Waals surface area contributed by atoms with Crippen LogP contribution in [0, 0.1) is 0 Å². The second-order valence-electron chi connectivity index (χ2n) is 6.22. The van der Waals surface area contributed by atoms with Gasteiger partial charge < -0.3 is 4.42 Å². The maximum atomic E-state index is 11.5. The normalized spacial score (nSPS) is 14.0. The fourth-order valence-corrected chi connectivity index (χ4v) is 3.21. The molecule has 22 heavy (non-hydrogen) atoms. The van der Waals surface area contributed by atoms with Crippen LogP contribution in [0.15, 0.2) is 38.8 Å². The Hall–Kier alpha value is -1.34. The number of thioether (sulfide) groups is 1. The van der Waals surface area contributed by atoms with Crippen molar-refractivity contribution in [3.05, 3.63) is 35.7 Å². The number of hydrogen-bond donors (Lipinski definition) is 0. The van der Waals surface area contributed by atoms with Crippen molar-refractivity contribution in [2.75, 3.05) is 6.26 Å². The van der Waals surface area contributed by atoms with Crippen LogP contribution in [0.2, 0.25) is 0 Å². The molecule has 0 fully saturated rings. The minimum Gasteiger partial charge on any atom is -0.415 e. The van der Waals surface area contributed by atoms with Crippen LogP contribution in [-0.2, 0) is 15.3 Å². The fraction of sp³-hybridized carbons (Fsp3) is 0.467. The number of nitrogens with zero attached hydrogens (tertiary/aromatic N) is 2. The molecule has 1 aromatic heterocycles. The third-order valence-electron chi connectivity index (χ3n) is 3.10. The zero-order chi connectivity index (χ0) is 16.5. The maximum absolute atomic E-state index is 11.5. The van der Waals surface area contributed by atoms with Crippen molar-refractivity contribution < 1.29 is 12.8 Å². The van der Waals surface area contributed by atoms with Crippen LogP contribution in [0.25, 0.3) is 0 Å². The molecule has 0 saturated heterocycles. The summed E-state index contributed by atoms with van der Waals surface area (Å²) in [6.07, 6.45) is 1.20. The minimum absolute atomic E-state index is 0.0851. The van der Waals surface area contributed by atoms with E-state index >= 15 is 0 Å². The van der Waals surface area contributed by atoms with Gasteiger partial charge in [-0.3, -0.25) is 0 Å². The van der Waals surface area contributed by atoms with Gasteiger partial charge in [-0.1, -0.05) is 44.7 Å². The van der Waals surface area contributed by atoms with Crippen LogP contribution in [0.3, 0.4) is 0 Å². The number of sulfone groups is 1. The van der Waals surface area contributed by atoms with Gasteiger partial charge in [-0.15, -0.1) is 10.2 Å². The highest BCUT2D eigenvalue weighted by atomic mass is 32.2. The number of aromatic nitrogens is 2. The molecule has 0 radical (unpaired) electrons. The number of hydrogen-bond acceptors (Lipinski definition) is 6. The van der Waals surface area contributed by atoms with E-state index in [1.165, 1.54) is 18.0 Å². The van der Waals surface area contributed by atoms with Crippen molar-refractivity contribution in [3.8, 4) is 0 Å². The van der Waals surface area contributed by atoms with Crippen molar-refractivity contribution in [1.29, 1.82) is 0 Å². The zero-order valence-electron chi connectivity index (χ0n) is 13.3. The average Bonchev–Trinajstić information content (AvgIpc) is 2.86. The lowest BCUT2D eigenvalue weighted by molar-refractivity contribution is 0.347. The predicted octanol–water partition coefficient (Wildman–Crippen LogP) is 3.62. The van der Waals surface area contributed by atoms with Gasteiger partial charge in [-0.05, 0) is 24.6 Å². The summed E-state index contributed by atoms with van der Waals surface area (Å²) in [5, 5.41) is 8.72. The second-order valence-corrected chi connectivity index (χ2v) is 9.53. The Morgan fingerprint density at radius 1 is 1.14 bits per heavy atom. The first-order valence-corrected chi connectivity index (χ1v) is 9.65. The molecule has 0 aliphatic rings. The van der Waals surface area contributed by atoms with E-state index in [-0.39, 0.29) is 10.7 Å². The van der Waals surface area contributed by atoms with Crippen LogP contribution in [0.1, 0.15) is 44.4 Å². The molecular weight excluding hydrogens is 320 g/mol. The summed E-state index contributed by atoms with van der Waals surface area (Å²) in [7, 11) is -3.16. The molecule has 0 unspecified atom stereocenters. The van der Waals surface area contributed by atoms with E-state index < -0.39 is 9.84 Å². The maximum Gasteiger partial charge on any atom is 0.277 e. The van der Waals surface area contributed by atoms with Crippen molar-refractivity contribution in [1.82, 2.24) is 10.2 Å². The van der Waals surface area contributed by atoms with Gasteiger partial charge in [0.1, 0.15) is 0 Å². The van der Waals surface area contributed by atoms with E-state index in [0.29, 0.717) is 16.0 Å². The molecule has 2 rings (SSSR count). The molecule has 0 saturated carbocycles. The van der Waals surface area contributed by atoms with Gasteiger partial charge in [0.05, 0.1) is 4.90 Å². The highest BCUT2D eigenvalue weighted by molar-refractivity contribution is 7.99. The molecule has 2 aromatic rings. The second kappa shape index (κ2) is 6.04. The van der Waals surface area contributed by atoms with Crippen molar-refractivity contribution in [2.45, 2.75) is 48.5 Å².